The number of aromatic nitrogens is 2. The van der Waals surface area contributed by atoms with E-state index in [1.165, 1.54) is 82.4 Å². The number of hydrogen-bond donors (Lipinski definition) is 1. The highest BCUT2D eigenvalue weighted by Gasteiger charge is 2.40. The van der Waals surface area contributed by atoms with Gasteiger partial charge in [-0.2, -0.15) is 5.10 Å². The van der Waals surface area contributed by atoms with Crippen molar-refractivity contribution in [1.29, 1.82) is 0 Å². The van der Waals surface area contributed by atoms with Crippen LogP contribution in [0, 0.1) is 0 Å². The van der Waals surface area contributed by atoms with Crippen molar-refractivity contribution in [1.82, 2.24) is 20.0 Å². The van der Waals surface area contributed by atoms with E-state index in [1.54, 1.807) is 0 Å². The third-order valence-corrected chi connectivity index (χ3v) is 5.53. The van der Waals surface area contributed by atoms with E-state index in [4.69, 9.17) is 0 Å². The second kappa shape index (κ2) is 5.49. The van der Waals surface area contributed by atoms with Crippen LogP contribution in [-0.4, -0.2) is 52.2 Å². The molecule has 4 nitrogen and oxygen atoms in total. The van der Waals surface area contributed by atoms with Crippen molar-refractivity contribution >= 4 is 0 Å². The number of nitrogens with one attached hydrogen (secondary N) is 1. The van der Waals surface area contributed by atoms with Gasteiger partial charge in [0.05, 0.1) is 6.20 Å². The van der Waals surface area contributed by atoms with E-state index in [2.05, 4.69) is 26.2 Å². The molecular weight excluding hydrogens is 248 g/mol. The van der Waals surface area contributed by atoms with E-state index in [9.17, 15) is 0 Å². The predicted molar refractivity (Wildman–Crippen MR) is 79.7 cm³/mol. The van der Waals surface area contributed by atoms with Gasteiger partial charge < -0.3 is 4.90 Å². The average Bonchev–Trinajstić information content (AvgIpc) is 3.06. The van der Waals surface area contributed by atoms with Gasteiger partial charge in [0, 0.05) is 36.3 Å². The van der Waals surface area contributed by atoms with Crippen LogP contribution in [0.25, 0.3) is 0 Å². The first-order valence-electron chi connectivity index (χ1n) is 8.42. The third-order valence-electron chi connectivity index (χ3n) is 5.53. The van der Waals surface area contributed by atoms with Crippen molar-refractivity contribution in [2.75, 3.05) is 26.2 Å². The second-order valence-corrected chi connectivity index (χ2v) is 6.75. The molecule has 4 heteroatoms. The summed E-state index contributed by atoms with van der Waals surface area (Å²) < 4.78 is 0. The molecule has 0 amide bonds. The number of fused-ring (bicyclic) bond motifs is 4. The summed E-state index contributed by atoms with van der Waals surface area (Å²) in [4.78, 5) is 5.43. The molecule has 4 heterocycles. The summed E-state index contributed by atoms with van der Waals surface area (Å²) >= 11 is 0. The van der Waals surface area contributed by atoms with Gasteiger partial charge in [-0.3, -0.25) is 10.00 Å². The fourth-order valence-electron chi connectivity index (χ4n) is 4.50. The highest BCUT2D eigenvalue weighted by atomic mass is 15.2. The van der Waals surface area contributed by atoms with E-state index in [0.29, 0.717) is 6.04 Å². The molecule has 20 heavy (non-hydrogen) atoms. The number of likely N-dealkylation sites (tertiary alicyclic amines) is 1. The lowest BCUT2D eigenvalue weighted by Crippen LogP contribution is -2.39. The minimum absolute atomic E-state index is 0.656. The maximum Gasteiger partial charge on any atom is 0.0538 e. The standard InChI is InChI=1S/C16H26N4/c1-2-7-19(8-3-1)9-4-10-20-13-5-6-16(20)14-12-17-18-15(14)11-13/h12-13,16H,1-11H2,(H,17,18). The summed E-state index contributed by atoms with van der Waals surface area (Å²) in [5.41, 5.74) is 2.89. The Labute approximate surface area is 121 Å². The van der Waals surface area contributed by atoms with E-state index in [0.717, 1.165) is 6.04 Å². The fraction of sp³-hybridized carbons (Fsp3) is 0.812. The maximum absolute atomic E-state index is 4.25. The molecule has 2 unspecified atom stereocenters. The minimum Gasteiger partial charge on any atom is -0.303 e. The molecule has 110 valence electrons. The molecule has 3 aliphatic rings. The van der Waals surface area contributed by atoms with Crippen LogP contribution in [0.1, 0.15) is 55.8 Å². The van der Waals surface area contributed by atoms with Crippen LogP contribution in [0.3, 0.4) is 0 Å². The monoisotopic (exact) mass is 274 g/mol. The molecule has 0 aromatic carbocycles. The van der Waals surface area contributed by atoms with Gasteiger partial charge in [-0.1, -0.05) is 6.42 Å². The van der Waals surface area contributed by atoms with E-state index < -0.39 is 0 Å². The molecule has 1 N–H and O–H groups in total. The zero-order chi connectivity index (χ0) is 13.4. The first kappa shape index (κ1) is 12.8. The largest absolute Gasteiger partial charge is 0.303 e. The molecule has 1 aromatic rings. The first-order chi connectivity index (χ1) is 9.92. The summed E-state index contributed by atoms with van der Waals surface area (Å²) in [6.07, 6.45) is 11.6. The van der Waals surface area contributed by atoms with Gasteiger partial charge in [0.15, 0.2) is 0 Å². The third kappa shape index (κ3) is 2.29. The normalized spacial score (nSPS) is 30.6. The molecule has 0 aliphatic carbocycles. The molecule has 1 aromatic heterocycles. The smallest absolute Gasteiger partial charge is 0.0538 e. The molecular formula is C16H26N4. The minimum atomic E-state index is 0.656. The fourth-order valence-corrected chi connectivity index (χ4v) is 4.50. The van der Waals surface area contributed by atoms with Gasteiger partial charge in [-0.15, -0.1) is 0 Å². The summed E-state index contributed by atoms with van der Waals surface area (Å²) in [5.74, 6) is 0. The Kier molecular flexibility index (Phi) is 3.52. The van der Waals surface area contributed by atoms with Gasteiger partial charge in [-0.05, 0) is 51.7 Å². The number of nitrogens with zero attached hydrogens (tertiary/aromatic N) is 3. The molecule has 0 saturated carbocycles. The molecule has 3 aliphatic heterocycles. The Bertz CT molecular complexity index is 449. The molecule has 4 rings (SSSR count). The molecule has 2 bridgehead atoms. The summed E-state index contributed by atoms with van der Waals surface area (Å²) in [5, 5.41) is 7.45. The van der Waals surface area contributed by atoms with Crippen LogP contribution in [-0.2, 0) is 6.42 Å². The summed E-state index contributed by atoms with van der Waals surface area (Å²) in [6.45, 7) is 5.24. The van der Waals surface area contributed by atoms with Gasteiger partial charge >= 0.3 is 0 Å². The van der Waals surface area contributed by atoms with Crippen LogP contribution in [0.15, 0.2) is 6.20 Å². The van der Waals surface area contributed by atoms with Crippen molar-refractivity contribution in [2.24, 2.45) is 0 Å². The zero-order valence-corrected chi connectivity index (χ0v) is 12.4. The van der Waals surface area contributed by atoms with Crippen LogP contribution >= 0.6 is 0 Å². The van der Waals surface area contributed by atoms with Crippen molar-refractivity contribution in [3.8, 4) is 0 Å². The highest BCUT2D eigenvalue weighted by Crippen LogP contribution is 2.42. The molecule has 0 spiro atoms. The van der Waals surface area contributed by atoms with Crippen LogP contribution in [0.5, 0.6) is 0 Å². The van der Waals surface area contributed by atoms with Crippen molar-refractivity contribution in [3.05, 3.63) is 17.5 Å². The maximum atomic E-state index is 4.25. The van der Waals surface area contributed by atoms with Crippen molar-refractivity contribution in [3.63, 3.8) is 0 Å². The van der Waals surface area contributed by atoms with Gasteiger partial charge in [0.1, 0.15) is 0 Å². The Balaban J connectivity index is 1.33. The molecule has 2 fully saturated rings. The van der Waals surface area contributed by atoms with Crippen molar-refractivity contribution in [2.45, 2.75) is 57.0 Å². The topological polar surface area (TPSA) is 35.2 Å². The average molecular weight is 274 g/mol. The van der Waals surface area contributed by atoms with E-state index in [1.807, 2.05) is 0 Å². The summed E-state index contributed by atoms with van der Waals surface area (Å²) in [7, 11) is 0. The van der Waals surface area contributed by atoms with Crippen LogP contribution in [0.2, 0.25) is 0 Å². The van der Waals surface area contributed by atoms with Gasteiger partial charge in [0.25, 0.3) is 0 Å². The Morgan fingerprint density at radius 3 is 2.95 bits per heavy atom. The van der Waals surface area contributed by atoms with Gasteiger partial charge in [0.2, 0.25) is 0 Å². The Hall–Kier alpha value is -0.870. The SMILES string of the molecule is c1n[nH]c2c1C1CCC(C2)N1CCCN1CCCCC1. The van der Waals surface area contributed by atoms with E-state index >= 15 is 0 Å². The highest BCUT2D eigenvalue weighted by molar-refractivity contribution is 5.27. The van der Waals surface area contributed by atoms with Crippen LogP contribution in [0.4, 0.5) is 0 Å². The number of rotatable bonds is 4. The number of piperidine rings is 1. The lowest BCUT2D eigenvalue weighted by molar-refractivity contribution is 0.155. The Morgan fingerprint density at radius 1 is 1.15 bits per heavy atom. The summed E-state index contributed by atoms with van der Waals surface area (Å²) in [6, 6.07) is 1.43. The predicted octanol–water partition coefficient (Wildman–Crippen LogP) is 2.35. The quantitative estimate of drug-likeness (QED) is 0.915. The first-order valence-corrected chi connectivity index (χ1v) is 8.42. The van der Waals surface area contributed by atoms with Gasteiger partial charge in [-0.25, -0.2) is 0 Å². The Morgan fingerprint density at radius 2 is 2.05 bits per heavy atom. The number of hydrogen-bond acceptors (Lipinski definition) is 3. The lowest BCUT2D eigenvalue weighted by atomic mass is 10.00. The van der Waals surface area contributed by atoms with Crippen LogP contribution < -0.4 is 0 Å². The molecule has 2 atom stereocenters. The van der Waals surface area contributed by atoms with Crippen molar-refractivity contribution < 1.29 is 0 Å². The lowest BCUT2D eigenvalue weighted by Gasteiger charge is -2.35. The number of aromatic amines is 1. The second-order valence-electron chi connectivity index (χ2n) is 6.75. The molecule has 0 radical (unpaired) electrons. The van der Waals surface area contributed by atoms with E-state index in [-0.39, 0.29) is 0 Å². The number of H-pyrrole nitrogens is 1. The zero-order valence-electron chi connectivity index (χ0n) is 12.4. The molecule has 2 saturated heterocycles.